The second-order valence-corrected chi connectivity index (χ2v) is 7.22. The SMILES string of the molecule is COc1ccc2c(c1)[C@](O)(c1ccc(F)cc1)C(=O)N2C(=O)OC(C)(C)C. The summed E-state index contributed by atoms with van der Waals surface area (Å²) in [5, 5.41) is 11.3. The third-order valence-corrected chi connectivity index (χ3v) is 4.19. The molecular formula is C20H20FNO5. The van der Waals surface area contributed by atoms with Gasteiger partial charge in [-0.3, -0.25) is 4.79 Å². The van der Waals surface area contributed by atoms with E-state index in [-0.39, 0.29) is 16.8 Å². The maximum atomic E-state index is 13.3. The van der Waals surface area contributed by atoms with E-state index in [0.717, 1.165) is 17.0 Å². The lowest BCUT2D eigenvalue weighted by Crippen LogP contribution is -2.45. The highest BCUT2D eigenvalue weighted by Crippen LogP contribution is 2.46. The Morgan fingerprint density at radius 3 is 2.33 bits per heavy atom. The lowest BCUT2D eigenvalue weighted by Gasteiger charge is -2.25. The summed E-state index contributed by atoms with van der Waals surface area (Å²) >= 11 is 0. The van der Waals surface area contributed by atoms with Gasteiger partial charge in [0.25, 0.3) is 5.91 Å². The highest BCUT2D eigenvalue weighted by Gasteiger charge is 2.54. The van der Waals surface area contributed by atoms with Gasteiger partial charge >= 0.3 is 6.09 Å². The molecule has 0 unspecified atom stereocenters. The molecule has 0 fully saturated rings. The molecule has 3 rings (SSSR count). The van der Waals surface area contributed by atoms with Gasteiger partial charge in [-0.1, -0.05) is 12.1 Å². The fourth-order valence-electron chi connectivity index (χ4n) is 2.97. The van der Waals surface area contributed by atoms with E-state index < -0.39 is 29.0 Å². The molecule has 2 aromatic carbocycles. The third kappa shape index (κ3) is 3.14. The molecule has 27 heavy (non-hydrogen) atoms. The Kier molecular flexibility index (Phi) is 4.43. The first-order valence-corrected chi connectivity index (χ1v) is 8.32. The Balaban J connectivity index is 2.18. The molecule has 7 heteroatoms. The van der Waals surface area contributed by atoms with Gasteiger partial charge in [0.1, 0.15) is 17.2 Å². The van der Waals surface area contributed by atoms with E-state index in [1.54, 1.807) is 26.8 Å². The normalized spacial score (nSPS) is 19.0. The largest absolute Gasteiger partial charge is 0.497 e. The first kappa shape index (κ1) is 18.8. The van der Waals surface area contributed by atoms with Crippen LogP contribution >= 0.6 is 0 Å². The fourth-order valence-corrected chi connectivity index (χ4v) is 2.97. The van der Waals surface area contributed by atoms with Crippen LogP contribution < -0.4 is 9.64 Å². The average molecular weight is 373 g/mol. The van der Waals surface area contributed by atoms with E-state index >= 15 is 0 Å². The molecule has 0 aromatic heterocycles. The number of anilines is 1. The Morgan fingerprint density at radius 1 is 1.15 bits per heavy atom. The summed E-state index contributed by atoms with van der Waals surface area (Å²) in [5.74, 6) is -1.01. The van der Waals surface area contributed by atoms with Crippen molar-refractivity contribution >= 4 is 17.7 Å². The fraction of sp³-hybridized carbons (Fsp3) is 0.300. The Morgan fingerprint density at radius 2 is 1.78 bits per heavy atom. The van der Waals surface area contributed by atoms with Crippen LogP contribution in [0, 0.1) is 5.82 Å². The van der Waals surface area contributed by atoms with Crippen molar-refractivity contribution in [1.82, 2.24) is 0 Å². The summed E-state index contributed by atoms with van der Waals surface area (Å²) in [6.07, 6.45) is -0.906. The second-order valence-electron chi connectivity index (χ2n) is 7.22. The number of carbonyl (C=O) groups excluding carboxylic acids is 2. The smallest absolute Gasteiger partial charge is 0.421 e. The van der Waals surface area contributed by atoms with Crippen LogP contribution in [0.1, 0.15) is 31.9 Å². The average Bonchev–Trinajstić information content (AvgIpc) is 2.82. The van der Waals surface area contributed by atoms with Crippen molar-refractivity contribution in [3.8, 4) is 5.75 Å². The number of fused-ring (bicyclic) bond motifs is 1. The van der Waals surface area contributed by atoms with Gasteiger partial charge in [0.2, 0.25) is 0 Å². The van der Waals surface area contributed by atoms with Gasteiger partial charge < -0.3 is 14.6 Å². The minimum absolute atomic E-state index is 0.134. The molecule has 0 aliphatic carbocycles. The minimum atomic E-state index is -2.17. The van der Waals surface area contributed by atoms with Crippen molar-refractivity contribution in [3.63, 3.8) is 0 Å². The van der Waals surface area contributed by atoms with Crippen molar-refractivity contribution in [2.75, 3.05) is 12.0 Å². The first-order valence-electron chi connectivity index (χ1n) is 8.32. The predicted octanol–water partition coefficient (Wildman–Crippen LogP) is 3.35. The van der Waals surface area contributed by atoms with Gasteiger partial charge in [0.05, 0.1) is 12.8 Å². The van der Waals surface area contributed by atoms with E-state index in [2.05, 4.69) is 0 Å². The monoisotopic (exact) mass is 373 g/mol. The summed E-state index contributed by atoms with van der Waals surface area (Å²) in [6.45, 7) is 5.02. The number of halogens is 1. The standard InChI is InChI=1S/C20H20FNO5/c1-19(2,3)27-18(24)22-16-10-9-14(26-4)11-15(16)20(25,17(22)23)12-5-7-13(21)8-6-12/h5-11,25H,1-4H3/t20-/m1/s1. The minimum Gasteiger partial charge on any atom is -0.497 e. The summed E-state index contributed by atoms with van der Waals surface area (Å²) in [4.78, 5) is 26.6. The molecule has 1 N–H and O–H groups in total. The van der Waals surface area contributed by atoms with Crippen molar-refractivity contribution in [2.24, 2.45) is 0 Å². The summed E-state index contributed by atoms with van der Waals surface area (Å²) in [6, 6.07) is 9.41. The first-order chi connectivity index (χ1) is 12.6. The number of benzene rings is 2. The predicted molar refractivity (Wildman–Crippen MR) is 96.1 cm³/mol. The number of imide groups is 1. The maximum absolute atomic E-state index is 13.3. The number of carbonyl (C=O) groups is 2. The van der Waals surface area contributed by atoms with Crippen LogP contribution in [0.5, 0.6) is 5.75 Å². The Labute approximate surface area is 156 Å². The molecular weight excluding hydrogens is 353 g/mol. The van der Waals surface area contributed by atoms with Crippen molar-refractivity contribution in [3.05, 3.63) is 59.4 Å². The zero-order chi connectivity index (χ0) is 20.0. The van der Waals surface area contributed by atoms with Crippen LogP contribution in [0.15, 0.2) is 42.5 Å². The van der Waals surface area contributed by atoms with Gasteiger partial charge in [0.15, 0.2) is 5.60 Å². The molecule has 2 aromatic rings. The van der Waals surface area contributed by atoms with Gasteiger partial charge in [-0.05, 0) is 56.7 Å². The van der Waals surface area contributed by atoms with Crippen LogP contribution in [0.4, 0.5) is 14.9 Å². The summed E-state index contributed by atoms with van der Waals surface area (Å²) in [7, 11) is 1.45. The molecule has 142 valence electrons. The highest BCUT2D eigenvalue weighted by molar-refractivity contribution is 6.21. The third-order valence-electron chi connectivity index (χ3n) is 4.19. The number of rotatable bonds is 2. The van der Waals surface area contributed by atoms with Crippen LogP contribution in [-0.4, -0.2) is 29.8 Å². The van der Waals surface area contributed by atoms with Gasteiger partial charge in [-0.15, -0.1) is 0 Å². The molecule has 0 radical (unpaired) electrons. The molecule has 1 aliphatic heterocycles. The number of nitrogens with zero attached hydrogens (tertiary/aromatic N) is 1. The Hall–Kier alpha value is -2.93. The summed E-state index contributed by atoms with van der Waals surface area (Å²) < 4.78 is 23.8. The van der Waals surface area contributed by atoms with Crippen molar-refractivity contribution in [1.29, 1.82) is 0 Å². The molecule has 0 bridgehead atoms. The second kappa shape index (κ2) is 6.35. The Bertz CT molecular complexity index is 904. The van der Waals surface area contributed by atoms with Crippen LogP contribution in [0.25, 0.3) is 0 Å². The van der Waals surface area contributed by atoms with Crippen LogP contribution in [0.3, 0.4) is 0 Å². The number of aliphatic hydroxyl groups is 1. The zero-order valence-corrected chi connectivity index (χ0v) is 15.4. The lowest BCUT2D eigenvalue weighted by atomic mass is 9.87. The van der Waals surface area contributed by atoms with E-state index in [1.165, 1.54) is 31.4 Å². The molecule has 0 saturated heterocycles. The van der Waals surface area contributed by atoms with Crippen molar-refractivity contribution in [2.45, 2.75) is 32.0 Å². The van der Waals surface area contributed by atoms with Gasteiger partial charge in [0, 0.05) is 5.56 Å². The lowest BCUT2D eigenvalue weighted by molar-refractivity contribution is -0.131. The van der Waals surface area contributed by atoms with Gasteiger partial charge in [-0.25, -0.2) is 14.1 Å². The topological polar surface area (TPSA) is 76.1 Å². The van der Waals surface area contributed by atoms with Crippen molar-refractivity contribution < 1.29 is 28.6 Å². The number of amides is 2. The summed E-state index contributed by atoms with van der Waals surface area (Å²) in [5.41, 5.74) is -2.53. The number of ether oxygens (including phenoxy) is 2. The highest BCUT2D eigenvalue weighted by atomic mass is 19.1. The molecule has 0 spiro atoms. The molecule has 6 nitrogen and oxygen atoms in total. The molecule has 1 atom stereocenters. The van der Waals surface area contributed by atoms with Crippen LogP contribution in [-0.2, 0) is 15.1 Å². The molecule has 1 heterocycles. The number of hydrogen-bond donors (Lipinski definition) is 1. The molecule has 1 aliphatic rings. The van der Waals surface area contributed by atoms with Gasteiger partial charge in [-0.2, -0.15) is 0 Å². The maximum Gasteiger partial charge on any atom is 0.421 e. The van der Waals surface area contributed by atoms with Crippen LogP contribution in [0.2, 0.25) is 0 Å². The van der Waals surface area contributed by atoms with E-state index in [4.69, 9.17) is 9.47 Å². The quantitative estimate of drug-likeness (QED) is 0.874. The van der Waals surface area contributed by atoms with E-state index in [9.17, 15) is 19.1 Å². The molecule has 2 amide bonds. The zero-order valence-electron chi connectivity index (χ0n) is 15.4. The van der Waals surface area contributed by atoms with E-state index in [0.29, 0.717) is 5.75 Å². The van der Waals surface area contributed by atoms with E-state index in [1.807, 2.05) is 0 Å². The number of hydrogen-bond acceptors (Lipinski definition) is 5. The molecule has 0 saturated carbocycles. The number of methoxy groups -OCH3 is 1.